The molecule has 100 valence electrons. The molecule has 0 amide bonds. The Kier molecular flexibility index (Phi) is 5.49. The first-order valence-corrected chi connectivity index (χ1v) is 6.23. The van der Waals surface area contributed by atoms with Gasteiger partial charge < -0.3 is 15.2 Å². The van der Waals surface area contributed by atoms with Crippen LogP contribution in [0.2, 0.25) is 0 Å². The minimum atomic E-state index is 0.01000. The number of amidine groups is 1. The maximum Gasteiger partial charge on any atom is 0.133 e. The summed E-state index contributed by atoms with van der Waals surface area (Å²) in [5.74, 6) is 1.82. The summed E-state index contributed by atoms with van der Waals surface area (Å²) in [4.78, 5) is 0. The maximum absolute atomic E-state index is 7.53. The van der Waals surface area contributed by atoms with E-state index < -0.39 is 0 Å². The highest BCUT2D eigenvalue weighted by atomic mass is 16.5. The van der Waals surface area contributed by atoms with Gasteiger partial charge in [0.15, 0.2) is 0 Å². The Bertz CT molecular complexity index is 405. The molecule has 1 aromatic carbocycles. The monoisotopic (exact) mass is 250 g/mol. The van der Waals surface area contributed by atoms with Crippen molar-refractivity contribution < 1.29 is 9.47 Å². The van der Waals surface area contributed by atoms with Crippen LogP contribution in [0.3, 0.4) is 0 Å². The third kappa shape index (κ3) is 3.95. The average molecular weight is 250 g/mol. The molecule has 1 rings (SSSR count). The fraction of sp³-hybridized carbons (Fsp3) is 0.500. The number of rotatable bonds is 7. The summed E-state index contributed by atoms with van der Waals surface area (Å²) < 4.78 is 10.9. The Morgan fingerprint density at radius 1 is 1.44 bits per heavy atom. The van der Waals surface area contributed by atoms with Gasteiger partial charge in [0.1, 0.15) is 17.3 Å². The van der Waals surface area contributed by atoms with Crippen molar-refractivity contribution in [1.29, 1.82) is 5.41 Å². The lowest BCUT2D eigenvalue weighted by atomic mass is 10.1. The summed E-state index contributed by atoms with van der Waals surface area (Å²) in [7, 11) is 1.60. The normalized spacial score (nSPS) is 11.9. The van der Waals surface area contributed by atoms with Crippen molar-refractivity contribution in [3.8, 4) is 11.5 Å². The zero-order valence-corrected chi connectivity index (χ0v) is 11.3. The Hall–Kier alpha value is -1.71. The SMILES string of the molecule is CCCC(C)COc1cc(OC)ccc1C(=N)N. The summed E-state index contributed by atoms with van der Waals surface area (Å²) in [6.07, 6.45) is 2.27. The molecule has 0 saturated heterocycles. The number of hydrogen-bond acceptors (Lipinski definition) is 3. The topological polar surface area (TPSA) is 68.3 Å². The van der Waals surface area contributed by atoms with E-state index in [1.165, 1.54) is 0 Å². The van der Waals surface area contributed by atoms with E-state index >= 15 is 0 Å². The lowest BCUT2D eigenvalue weighted by Crippen LogP contribution is -2.15. The van der Waals surface area contributed by atoms with E-state index in [1.54, 1.807) is 25.3 Å². The number of ether oxygens (including phenoxy) is 2. The second-order valence-corrected chi connectivity index (χ2v) is 4.48. The second kappa shape index (κ2) is 6.89. The Morgan fingerprint density at radius 3 is 2.72 bits per heavy atom. The van der Waals surface area contributed by atoms with Crippen molar-refractivity contribution >= 4 is 5.84 Å². The average Bonchev–Trinajstić information content (AvgIpc) is 2.36. The molecule has 1 aromatic rings. The highest BCUT2D eigenvalue weighted by Gasteiger charge is 2.10. The molecule has 0 aromatic heterocycles. The molecule has 0 bridgehead atoms. The molecule has 1 unspecified atom stereocenters. The van der Waals surface area contributed by atoms with E-state index in [4.69, 9.17) is 20.6 Å². The van der Waals surface area contributed by atoms with Crippen LogP contribution in [0.25, 0.3) is 0 Å². The molecule has 0 aliphatic carbocycles. The first-order chi connectivity index (χ1) is 8.58. The molecule has 0 fully saturated rings. The van der Waals surface area contributed by atoms with Crippen LogP contribution in [0.4, 0.5) is 0 Å². The lowest BCUT2D eigenvalue weighted by Gasteiger charge is -2.15. The number of nitrogens with two attached hydrogens (primary N) is 1. The number of methoxy groups -OCH3 is 1. The van der Waals surface area contributed by atoms with Crippen LogP contribution in [0.1, 0.15) is 32.3 Å². The predicted molar refractivity (Wildman–Crippen MR) is 73.6 cm³/mol. The van der Waals surface area contributed by atoms with Gasteiger partial charge in [0.25, 0.3) is 0 Å². The molecular formula is C14H22N2O2. The van der Waals surface area contributed by atoms with Gasteiger partial charge >= 0.3 is 0 Å². The summed E-state index contributed by atoms with van der Waals surface area (Å²) >= 11 is 0. The van der Waals surface area contributed by atoms with Crippen molar-refractivity contribution in [2.24, 2.45) is 11.7 Å². The fourth-order valence-corrected chi connectivity index (χ4v) is 1.78. The quantitative estimate of drug-likeness (QED) is 0.577. The largest absolute Gasteiger partial charge is 0.497 e. The van der Waals surface area contributed by atoms with Crippen LogP contribution in [0, 0.1) is 11.3 Å². The van der Waals surface area contributed by atoms with Crippen LogP contribution in [0.15, 0.2) is 18.2 Å². The molecular weight excluding hydrogens is 228 g/mol. The third-order valence-electron chi connectivity index (χ3n) is 2.78. The maximum atomic E-state index is 7.53. The number of hydrogen-bond donors (Lipinski definition) is 2. The van der Waals surface area contributed by atoms with Gasteiger partial charge in [-0.15, -0.1) is 0 Å². The van der Waals surface area contributed by atoms with E-state index in [0.717, 1.165) is 12.8 Å². The van der Waals surface area contributed by atoms with E-state index in [1.807, 2.05) is 0 Å². The van der Waals surface area contributed by atoms with Crippen molar-refractivity contribution in [2.75, 3.05) is 13.7 Å². The van der Waals surface area contributed by atoms with Crippen molar-refractivity contribution in [2.45, 2.75) is 26.7 Å². The number of nitrogen functional groups attached to an aromatic ring is 1. The first-order valence-electron chi connectivity index (χ1n) is 6.23. The first kappa shape index (κ1) is 14.4. The van der Waals surface area contributed by atoms with Gasteiger partial charge in [0, 0.05) is 6.07 Å². The van der Waals surface area contributed by atoms with Crippen LogP contribution in [-0.4, -0.2) is 19.6 Å². The van der Waals surface area contributed by atoms with Gasteiger partial charge in [-0.2, -0.15) is 0 Å². The summed E-state index contributed by atoms with van der Waals surface area (Å²) in [6, 6.07) is 5.30. The summed E-state index contributed by atoms with van der Waals surface area (Å²) in [5, 5.41) is 7.53. The minimum Gasteiger partial charge on any atom is -0.497 e. The van der Waals surface area contributed by atoms with Gasteiger partial charge in [0.2, 0.25) is 0 Å². The van der Waals surface area contributed by atoms with Crippen molar-refractivity contribution in [1.82, 2.24) is 0 Å². The Balaban J connectivity index is 2.80. The third-order valence-corrected chi connectivity index (χ3v) is 2.78. The molecule has 4 nitrogen and oxygen atoms in total. The molecule has 18 heavy (non-hydrogen) atoms. The van der Waals surface area contributed by atoms with Crippen LogP contribution >= 0.6 is 0 Å². The highest BCUT2D eigenvalue weighted by molar-refractivity contribution is 5.97. The molecule has 0 spiro atoms. The van der Waals surface area contributed by atoms with Gasteiger partial charge in [-0.3, -0.25) is 5.41 Å². The van der Waals surface area contributed by atoms with E-state index in [-0.39, 0.29) is 5.84 Å². The van der Waals surface area contributed by atoms with E-state index in [2.05, 4.69) is 13.8 Å². The Morgan fingerprint density at radius 2 is 2.17 bits per heavy atom. The zero-order chi connectivity index (χ0) is 13.5. The predicted octanol–water partition coefficient (Wildman–Crippen LogP) is 2.79. The van der Waals surface area contributed by atoms with Gasteiger partial charge in [-0.25, -0.2) is 0 Å². The molecule has 0 aliphatic heterocycles. The highest BCUT2D eigenvalue weighted by Crippen LogP contribution is 2.25. The number of nitrogens with one attached hydrogen (secondary N) is 1. The van der Waals surface area contributed by atoms with Crippen LogP contribution in [-0.2, 0) is 0 Å². The number of benzene rings is 1. The molecule has 0 radical (unpaired) electrons. The van der Waals surface area contributed by atoms with E-state index in [0.29, 0.717) is 29.6 Å². The van der Waals surface area contributed by atoms with Crippen LogP contribution in [0.5, 0.6) is 11.5 Å². The van der Waals surface area contributed by atoms with Gasteiger partial charge in [0.05, 0.1) is 19.3 Å². The summed E-state index contributed by atoms with van der Waals surface area (Å²) in [6.45, 7) is 4.93. The molecule has 1 atom stereocenters. The molecule has 0 aliphatic rings. The minimum absolute atomic E-state index is 0.01000. The molecule has 0 heterocycles. The summed E-state index contributed by atoms with van der Waals surface area (Å²) in [5.41, 5.74) is 6.14. The molecule has 0 saturated carbocycles. The smallest absolute Gasteiger partial charge is 0.133 e. The fourth-order valence-electron chi connectivity index (χ4n) is 1.78. The molecule has 4 heteroatoms. The van der Waals surface area contributed by atoms with Crippen molar-refractivity contribution in [3.05, 3.63) is 23.8 Å². The standard InChI is InChI=1S/C14H22N2O2/c1-4-5-10(2)9-18-13-8-11(17-3)6-7-12(13)14(15)16/h6-8,10H,4-5,9H2,1-3H3,(H3,15,16). The zero-order valence-electron chi connectivity index (χ0n) is 11.3. The van der Waals surface area contributed by atoms with Crippen LogP contribution < -0.4 is 15.2 Å². The van der Waals surface area contributed by atoms with Gasteiger partial charge in [-0.05, 0) is 24.5 Å². The van der Waals surface area contributed by atoms with E-state index in [9.17, 15) is 0 Å². The second-order valence-electron chi connectivity index (χ2n) is 4.48. The lowest BCUT2D eigenvalue weighted by molar-refractivity contribution is 0.250. The van der Waals surface area contributed by atoms with Crippen molar-refractivity contribution in [3.63, 3.8) is 0 Å². The molecule has 3 N–H and O–H groups in total. The Labute approximate surface area is 109 Å². The van der Waals surface area contributed by atoms with Gasteiger partial charge in [-0.1, -0.05) is 20.3 Å².